The molecule has 1 N–H and O–H groups in total. The number of nitrogens with one attached hydrogen (secondary N) is 1. The monoisotopic (exact) mass is 386 g/mol. The van der Waals surface area contributed by atoms with Gasteiger partial charge in [0.05, 0.1) is 5.69 Å². The maximum atomic E-state index is 12.6. The summed E-state index contributed by atoms with van der Waals surface area (Å²) in [5.41, 5.74) is 4.69. The zero-order valence-electron chi connectivity index (χ0n) is 16.8. The fraction of sp³-hybridized carbons (Fsp3) is 0.292. The maximum Gasteiger partial charge on any atom is 0.251 e. The molecule has 0 aliphatic carbocycles. The molecule has 0 bridgehead atoms. The molecule has 0 spiro atoms. The van der Waals surface area contributed by atoms with Crippen molar-refractivity contribution >= 4 is 11.7 Å². The molecule has 3 aromatic rings. The molecule has 148 valence electrons. The van der Waals surface area contributed by atoms with Gasteiger partial charge in [-0.15, -0.1) is 0 Å². The van der Waals surface area contributed by atoms with E-state index in [1.807, 2.05) is 42.5 Å². The number of nitrogens with zero attached hydrogens (tertiary/aromatic N) is 3. The van der Waals surface area contributed by atoms with Crippen LogP contribution in [0.5, 0.6) is 0 Å². The SMILES string of the molecule is Cc1ccc(CNC(=O)c2cccc(-c3cc(N4CCCCC4)ncn3)c2)cc1. The second kappa shape index (κ2) is 8.86. The lowest BCUT2D eigenvalue weighted by Crippen LogP contribution is -2.30. The molecule has 2 aromatic carbocycles. The quantitative estimate of drug-likeness (QED) is 0.707. The molecule has 5 heteroatoms. The molecule has 0 saturated carbocycles. The van der Waals surface area contributed by atoms with Crippen molar-refractivity contribution < 1.29 is 4.79 Å². The molecule has 1 aliphatic heterocycles. The van der Waals surface area contributed by atoms with Gasteiger partial charge in [0, 0.05) is 36.8 Å². The van der Waals surface area contributed by atoms with Crippen LogP contribution in [0.25, 0.3) is 11.3 Å². The molecular weight excluding hydrogens is 360 g/mol. The molecule has 1 aromatic heterocycles. The van der Waals surface area contributed by atoms with E-state index < -0.39 is 0 Å². The predicted octanol–water partition coefficient (Wildman–Crippen LogP) is 4.37. The Morgan fingerprint density at radius 2 is 1.79 bits per heavy atom. The first-order valence-electron chi connectivity index (χ1n) is 10.2. The molecule has 1 saturated heterocycles. The standard InChI is InChI=1S/C24H26N4O/c1-18-8-10-19(11-9-18)16-25-24(29)21-7-5-6-20(14-21)22-15-23(27-17-26-22)28-12-3-2-4-13-28/h5-11,14-15,17H,2-4,12-13,16H2,1H3,(H,25,29). The van der Waals surface area contributed by atoms with E-state index in [-0.39, 0.29) is 5.91 Å². The minimum absolute atomic E-state index is 0.0854. The topological polar surface area (TPSA) is 58.1 Å². The number of anilines is 1. The highest BCUT2D eigenvalue weighted by molar-refractivity contribution is 5.95. The van der Waals surface area contributed by atoms with Gasteiger partial charge in [-0.25, -0.2) is 9.97 Å². The van der Waals surface area contributed by atoms with Crippen molar-refractivity contribution in [1.29, 1.82) is 0 Å². The van der Waals surface area contributed by atoms with Gasteiger partial charge in [0.15, 0.2) is 0 Å². The number of hydrogen-bond donors (Lipinski definition) is 1. The molecule has 0 radical (unpaired) electrons. The molecule has 0 unspecified atom stereocenters. The Bertz CT molecular complexity index is 978. The summed E-state index contributed by atoms with van der Waals surface area (Å²) in [5.74, 6) is 0.877. The molecule has 29 heavy (non-hydrogen) atoms. The van der Waals surface area contributed by atoms with E-state index in [9.17, 15) is 4.79 Å². The molecule has 5 nitrogen and oxygen atoms in total. The largest absolute Gasteiger partial charge is 0.357 e. The third-order valence-electron chi connectivity index (χ3n) is 5.33. The second-order valence-electron chi connectivity index (χ2n) is 7.56. The van der Waals surface area contributed by atoms with E-state index in [4.69, 9.17) is 0 Å². The van der Waals surface area contributed by atoms with Crippen molar-refractivity contribution in [3.8, 4) is 11.3 Å². The van der Waals surface area contributed by atoms with Crippen LogP contribution in [0.3, 0.4) is 0 Å². The third-order valence-corrected chi connectivity index (χ3v) is 5.33. The summed E-state index contributed by atoms with van der Waals surface area (Å²) in [6, 6.07) is 17.8. The molecule has 1 aliphatic rings. The first-order chi connectivity index (χ1) is 14.2. The van der Waals surface area contributed by atoms with Gasteiger partial charge < -0.3 is 10.2 Å². The Labute approximate surface area is 171 Å². The number of aryl methyl sites for hydroxylation is 1. The van der Waals surface area contributed by atoms with E-state index in [2.05, 4.69) is 39.2 Å². The zero-order chi connectivity index (χ0) is 20.1. The van der Waals surface area contributed by atoms with Crippen LogP contribution in [-0.2, 0) is 6.54 Å². The number of benzene rings is 2. The number of aromatic nitrogens is 2. The number of amides is 1. The van der Waals surface area contributed by atoms with Crippen LogP contribution in [0.1, 0.15) is 40.7 Å². The average Bonchev–Trinajstić information content (AvgIpc) is 2.79. The van der Waals surface area contributed by atoms with E-state index in [1.165, 1.54) is 24.8 Å². The highest BCUT2D eigenvalue weighted by Crippen LogP contribution is 2.23. The summed E-state index contributed by atoms with van der Waals surface area (Å²) in [7, 11) is 0. The van der Waals surface area contributed by atoms with Crippen LogP contribution in [0.2, 0.25) is 0 Å². The first-order valence-corrected chi connectivity index (χ1v) is 10.2. The number of piperidine rings is 1. The highest BCUT2D eigenvalue weighted by atomic mass is 16.1. The smallest absolute Gasteiger partial charge is 0.251 e. The Kier molecular flexibility index (Phi) is 5.84. The zero-order valence-corrected chi connectivity index (χ0v) is 16.8. The van der Waals surface area contributed by atoms with Gasteiger partial charge in [-0.3, -0.25) is 4.79 Å². The molecular formula is C24H26N4O. The molecule has 1 fully saturated rings. The Balaban J connectivity index is 1.48. The van der Waals surface area contributed by atoms with Crippen molar-refractivity contribution in [1.82, 2.24) is 15.3 Å². The molecule has 0 atom stereocenters. The van der Waals surface area contributed by atoms with Gasteiger partial charge in [0.25, 0.3) is 5.91 Å². The lowest BCUT2D eigenvalue weighted by molar-refractivity contribution is 0.0951. The van der Waals surface area contributed by atoms with Crippen molar-refractivity contribution in [3.05, 3.63) is 77.6 Å². The Hall–Kier alpha value is -3.21. The van der Waals surface area contributed by atoms with Crippen molar-refractivity contribution in [2.45, 2.75) is 32.7 Å². The normalized spacial score (nSPS) is 13.9. The fourth-order valence-corrected chi connectivity index (χ4v) is 3.61. The van der Waals surface area contributed by atoms with Crippen LogP contribution < -0.4 is 10.2 Å². The summed E-state index contributed by atoms with van der Waals surface area (Å²) in [6.45, 7) is 4.64. The minimum Gasteiger partial charge on any atom is -0.357 e. The number of hydrogen-bond acceptors (Lipinski definition) is 4. The van der Waals surface area contributed by atoms with Gasteiger partial charge in [-0.1, -0.05) is 42.0 Å². The van der Waals surface area contributed by atoms with Crippen molar-refractivity contribution in [3.63, 3.8) is 0 Å². The summed E-state index contributed by atoms with van der Waals surface area (Å²) in [4.78, 5) is 23.8. The lowest BCUT2D eigenvalue weighted by atomic mass is 10.1. The van der Waals surface area contributed by atoms with Gasteiger partial charge in [0.1, 0.15) is 12.1 Å². The van der Waals surface area contributed by atoms with Gasteiger partial charge in [-0.05, 0) is 43.9 Å². The summed E-state index contributed by atoms with van der Waals surface area (Å²) >= 11 is 0. The van der Waals surface area contributed by atoms with Crippen molar-refractivity contribution in [2.24, 2.45) is 0 Å². The Morgan fingerprint density at radius 3 is 2.59 bits per heavy atom. The third kappa shape index (κ3) is 4.80. The first kappa shape index (κ1) is 19.1. The fourth-order valence-electron chi connectivity index (χ4n) is 3.61. The highest BCUT2D eigenvalue weighted by Gasteiger charge is 2.14. The van der Waals surface area contributed by atoms with Crippen molar-refractivity contribution in [2.75, 3.05) is 18.0 Å². The van der Waals surface area contributed by atoms with Crippen LogP contribution in [0, 0.1) is 6.92 Å². The van der Waals surface area contributed by atoms with Crippen LogP contribution >= 0.6 is 0 Å². The molecule has 2 heterocycles. The average molecular weight is 386 g/mol. The predicted molar refractivity (Wildman–Crippen MR) is 116 cm³/mol. The van der Waals surface area contributed by atoms with E-state index in [0.29, 0.717) is 12.1 Å². The molecule has 1 amide bonds. The number of carbonyl (C=O) groups is 1. The number of rotatable bonds is 5. The van der Waals surface area contributed by atoms with Crippen LogP contribution in [-0.4, -0.2) is 29.0 Å². The van der Waals surface area contributed by atoms with Gasteiger partial charge >= 0.3 is 0 Å². The van der Waals surface area contributed by atoms with Gasteiger partial charge in [0.2, 0.25) is 0 Å². The summed E-state index contributed by atoms with van der Waals surface area (Å²) < 4.78 is 0. The summed E-state index contributed by atoms with van der Waals surface area (Å²) in [5, 5.41) is 3.00. The van der Waals surface area contributed by atoms with E-state index in [1.54, 1.807) is 6.33 Å². The Morgan fingerprint density at radius 1 is 1.00 bits per heavy atom. The lowest BCUT2D eigenvalue weighted by Gasteiger charge is -2.27. The number of carbonyl (C=O) groups excluding carboxylic acids is 1. The van der Waals surface area contributed by atoms with E-state index >= 15 is 0 Å². The van der Waals surface area contributed by atoms with E-state index in [0.717, 1.165) is 35.7 Å². The van der Waals surface area contributed by atoms with Crippen LogP contribution in [0.15, 0.2) is 60.9 Å². The van der Waals surface area contributed by atoms with Crippen LogP contribution in [0.4, 0.5) is 5.82 Å². The second-order valence-corrected chi connectivity index (χ2v) is 7.56. The maximum absolute atomic E-state index is 12.6. The summed E-state index contributed by atoms with van der Waals surface area (Å²) in [6.07, 6.45) is 5.31. The van der Waals surface area contributed by atoms with Gasteiger partial charge in [-0.2, -0.15) is 0 Å². The molecule has 4 rings (SSSR count). The minimum atomic E-state index is -0.0854.